The van der Waals surface area contributed by atoms with Gasteiger partial charge in [-0.1, -0.05) is 59.6 Å². The summed E-state index contributed by atoms with van der Waals surface area (Å²) in [6.45, 7) is 1.91. The van der Waals surface area contributed by atoms with E-state index in [1.54, 1.807) is 12.3 Å². The highest BCUT2D eigenvalue weighted by molar-refractivity contribution is 6.33. The largest absolute Gasteiger partial charge is 0.484 e. The number of hydrogen-bond acceptors (Lipinski definition) is 5. The summed E-state index contributed by atoms with van der Waals surface area (Å²) in [5.74, 6) is 0.181. The van der Waals surface area contributed by atoms with Gasteiger partial charge in [0.2, 0.25) is 0 Å². The second-order valence-corrected chi connectivity index (χ2v) is 10.0. The van der Waals surface area contributed by atoms with Crippen molar-refractivity contribution in [1.82, 2.24) is 15.4 Å². The maximum Gasteiger partial charge on any atom is 0.277 e. The number of aromatic nitrogens is 2. The van der Waals surface area contributed by atoms with Crippen molar-refractivity contribution in [2.24, 2.45) is 5.10 Å². The summed E-state index contributed by atoms with van der Waals surface area (Å²) in [7, 11) is 0. The Balaban J connectivity index is 1.13. The van der Waals surface area contributed by atoms with Gasteiger partial charge in [0.25, 0.3) is 5.91 Å². The molecule has 0 saturated heterocycles. The number of carbonyl (C=O) groups is 1. The van der Waals surface area contributed by atoms with E-state index >= 15 is 0 Å². The number of carbonyl (C=O) groups excluding carboxylic acids is 1. The molecule has 0 unspecified atom stereocenters. The van der Waals surface area contributed by atoms with Crippen LogP contribution in [0.2, 0.25) is 5.02 Å². The van der Waals surface area contributed by atoms with Crippen molar-refractivity contribution < 1.29 is 9.53 Å². The molecule has 0 bridgehead atoms. The number of hydrogen-bond donors (Lipinski definition) is 1. The predicted molar refractivity (Wildman–Crippen MR) is 165 cm³/mol. The molecule has 0 aliphatic carbocycles. The molecule has 0 aliphatic heterocycles. The number of fused-ring (bicyclic) bond motifs is 2. The first-order chi connectivity index (χ1) is 20.0. The van der Waals surface area contributed by atoms with E-state index in [9.17, 15) is 4.79 Å². The van der Waals surface area contributed by atoms with E-state index in [4.69, 9.17) is 21.3 Å². The number of rotatable bonds is 7. The van der Waals surface area contributed by atoms with Crippen LogP contribution in [0.5, 0.6) is 5.75 Å². The Labute approximate surface area is 242 Å². The first kappa shape index (κ1) is 26.2. The highest BCUT2D eigenvalue weighted by Gasteiger charge is 2.11. The molecule has 0 aliphatic rings. The van der Waals surface area contributed by atoms with Gasteiger partial charge in [0.1, 0.15) is 5.75 Å². The number of ether oxygens (including phenoxy) is 1. The lowest BCUT2D eigenvalue weighted by molar-refractivity contribution is -0.123. The molecule has 0 fully saturated rings. The van der Waals surface area contributed by atoms with Gasteiger partial charge in [0.15, 0.2) is 6.61 Å². The zero-order valence-electron chi connectivity index (χ0n) is 22.2. The third-order valence-corrected chi connectivity index (χ3v) is 7.01. The highest BCUT2D eigenvalue weighted by atomic mass is 35.5. The van der Waals surface area contributed by atoms with Gasteiger partial charge in [-0.2, -0.15) is 5.10 Å². The van der Waals surface area contributed by atoms with Gasteiger partial charge in [0.05, 0.1) is 28.0 Å². The summed E-state index contributed by atoms with van der Waals surface area (Å²) in [4.78, 5) is 21.5. The zero-order chi connectivity index (χ0) is 28.2. The first-order valence-corrected chi connectivity index (χ1v) is 13.5. The molecule has 7 heteroatoms. The fourth-order valence-electron chi connectivity index (χ4n) is 4.63. The number of hydrazone groups is 1. The number of benzene rings is 4. The van der Waals surface area contributed by atoms with Crippen LogP contribution in [0.15, 0.2) is 114 Å². The Hall–Kier alpha value is -5.07. The van der Waals surface area contributed by atoms with E-state index in [-0.39, 0.29) is 12.5 Å². The Morgan fingerprint density at radius 1 is 0.902 bits per heavy atom. The van der Waals surface area contributed by atoms with Crippen LogP contribution in [-0.2, 0) is 4.79 Å². The van der Waals surface area contributed by atoms with Crippen LogP contribution < -0.4 is 10.2 Å². The van der Waals surface area contributed by atoms with Gasteiger partial charge in [-0.05, 0) is 78.7 Å². The lowest BCUT2D eigenvalue weighted by Crippen LogP contribution is -2.24. The molecule has 200 valence electrons. The van der Waals surface area contributed by atoms with Gasteiger partial charge < -0.3 is 4.74 Å². The highest BCUT2D eigenvalue weighted by Crippen LogP contribution is 2.33. The number of nitrogens with zero attached hydrogens (tertiary/aromatic N) is 3. The van der Waals surface area contributed by atoms with Crippen LogP contribution in [0.4, 0.5) is 0 Å². The molecule has 0 spiro atoms. The van der Waals surface area contributed by atoms with Crippen molar-refractivity contribution in [3.8, 4) is 28.1 Å². The molecule has 6 aromatic rings. The quantitative estimate of drug-likeness (QED) is 0.162. The van der Waals surface area contributed by atoms with Crippen molar-refractivity contribution in [1.29, 1.82) is 0 Å². The average Bonchev–Trinajstić information content (AvgIpc) is 3.00. The maximum atomic E-state index is 12.3. The maximum absolute atomic E-state index is 12.3. The number of pyridine rings is 2. The monoisotopic (exact) mass is 556 g/mol. The van der Waals surface area contributed by atoms with Crippen molar-refractivity contribution in [2.75, 3.05) is 6.61 Å². The summed E-state index contributed by atoms with van der Waals surface area (Å²) in [5.41, 5.74) is 10.2. The van der Waals surface area contributed by atoms with Gasteiger partial charge >= 0.3 is 0 Å². The second kappa shape index (κ2) is 11.6. The van der Waals surface area contributed by atoms with E-state index in [0.717, 1.165) is 44.2 Å². The molecule has 2 heterocycles. The summed E-state index contributed by atoms with van der Waals surface area (Å²) < 4.78 is 5.68. The zero-order valence-corrected chi connectivity index (χ0v) is 23.0. The van der Waals surface area contributed by atoms with E-state index < -0.39 is 0 Å². The molecular weight excluding hydrogens is 532 g/mol. The van der Waals surface area contributed by atoms with E-state index in [0.29, 0.717) is 16.3 Å². The average molecular weight is 557 g/mol. The Morgan fingerprint density at radius 3 is 2.56 bits per heavy atom. The molecule has 41 heavy (non-hydrogen) atoms. The van der Waals surface area contributed by atoms with Crippen molar-refractivity contribution in [3.63, 3.8) is 0 Å². The molecule has 6 nitrogen and oxygen atoms in total. The molecule has 0 saturated carbocycles. The smallest absolute Gasteiger partial charge is 0.277 e. The van der Waals surface area contributed by atoms with Crippen molar-refractivity contribution in [3.05, 3.63) is 125 Å². The molecule has 6 rings (SSSR count). The SMILES string of the molecule is Cc1ccc2nc(-c3ccc(OCC(=O)NN=Cc4cc5cccnc5cc4Cl)cc3)cc(-c3ccccc3)c2c1. The van der Waals surface area contributed by atoms with Crippen LogP contribution in [0.3, 0.4) is 0 Å². The standard InChI is InChI=1S/C34H25ClN4O2/c1-22-9-14-31-29(16-22)28(23-6-3-2-4-7-23)18-33(38-31)24-10-12-27(13-11-24)41-21-34(40)39-37-20-26-17-25-8-5-15-36-32(25)19-30(26)35/h2-20H,21H2,1H3,(H,39,40). The molecule has 1 N–H and O–H groups in total. The number of amides is 1. The molecule has 0 atom stereocenters. The summed E-state index contributed by atoms with van der Waals surface area (Å²) in [6.07, 6.45) is 3.21. The Morgan fingerprint density at radius 2 is 1.73 bits per heavy atom. The molecule has 4 aromatic carbocycles. The summed E-state index contributed by atoms with van der Waals surface area (Å²) >= 11 is 6.32. The fourth-order valence-corrected chi connectivity index (χ4v) is 4.84. The molecule has 2 aromatic heterocycles. The van der Waals surface area contributed by atoms with E-state index in [2.05, 4.69) is 58.8 Å². The minimum absolute atomic E-state index is 0.183. The summed E-state index contributed by atoms with van der Waals surface area (Å²) in [6, 6.07) is 33.7. The van der Waals surface area contributed by atoms with E-state index in [1.807, 2.05) is 60.7 Å². The lowest BCUT2D eigenvalue weighted by atomic mass is 9.97. The third kappa shape index (κ3) is 5.93. The minimum Gasteiger partial charge on any atom is -0.484 e. The van der Waals surface area contributed by atoms with Crippen LogP contribution in [0.25, 0.3) is 44.2 Å². The summed E-state index contributed by atoms with van der Waals surface area (Å²) in [5, 5.41) is 6.57. The van der Waals surface area contributed by atoms with Gasteiger partial charge in [-0.3, -0.25) is 9.78 Å². The molecule has 0 radical (unpaired) electrons. The van der Waals surface area contributed by atoms with Gasteiger partial charge in [-0.15, -0.1) is 0 Å². The Kier molecular flexibility index (Phi) is 7.39. The Bertz CT molecular complexity index is 1900. The number of halogens is 1. The predicted octanol–water partition coefficient (Wildman–Crippen LogP) is 7.61. The normalized spacial score (nSPS) is 11.3. The number of nitrogens with one attached hydrogen (secondary N) is 1. The van der Waals surface area contributed by atoms with Crippen LogP contribution >= 0.6 is 11.6 Å². The molecular formula is C34H25ClN4O2. The van der Waals surface area contributed by atoms with Gasteiger partial charge in [-0.25, -0.2) is 10.4 Å². The lowest BCUT2D eigenvalue weighted by Gasteiger charge is -2.12. The van der Waals surface area contributed by atoms with Crippen molar-refractivity contribution in [2.45, 2.75) is 6.92 Å². The number of aryl methyl sites for hydroxylation is 1. The van der Waals surface area contributed by atoms with Crippen LogP contribution in [0.1, 0.15) is 11.1 Å². The third-order valence-electron chi connectivity index (χ3n) is 6.68. The second-order valence-electron chi connectivity index (χ2n) is 9.62. The van der Waals surface area contributed by atoms with Crippen molar-refractivity contribution >= 4 is 45.5 Å². The van der Waals surface area contributed by atoms with Gasteiger partial charge in [0, 0.05) is 28.1 Å². The minimum atomic E-state index is -0.386. The topological polar surface area (TPSA) is 76.5 Å². The first-order valence-electron chi connectivity index (χ1n) is 13.1. The fraction of sp³-hybridized carbons (Fsp3) is 0.0588. The van der Waals surface area contributed by atoms with Crippen LogP contribution in [0, 0.1) is 6.92 Å². The van der Waals surface area contributed by atoms with Crippen LogP contribution in [-0.4, -0.2) is 28.7 Å². The van der Waals surface area contributed by atoms with E-state index in [1.165, 1.54) is 11.8 Å². The molecule has 1 amide bonds.